The molecule has 0 unspecified atom stereocenters. The number of anilines is 1. The lowest BCUT2D eigenvalue weighted by atomic mass is 10.2. The van der Waals surface area contributed by atoms with Crippen LogP contribution in [0.2, 0.25) is 0 Å². The van der Waals surface area contributed by atoms with Crippen LogP contribution in [0.1, 0.15) is 10.4 Å². The van der Waals surface area contributed by atoms with Crippen molar-refractivity contribution in [3.05, 3.63) is 20.8 Å². The molecule has 3 rings (SSSR count). The summed E-state index contributed by atoms with van der Waals surface area (Å²) in [6.07, 6.45) is 0. The highest BCUT2D eigenvalue weighted by molar-refractivity contribution is 7.19. The number of morpholine rings is 1. The molecule has 0 saturated carbocycles. The van der Waals surface area contributed by atoms with E-state index in [2.05, 4.69) is 14.9 Å². The van der Waals surface area contributed by atoms with Gasteiger partial charge in [-0.1, -0.05) is 0 Å². The van der Waals surface area contributed by atoms with E-state index in [-0.39, 0.29) is 5.56 Å². The summed E-state index contributed by atoms with van der Waals surface area (Å²) in [6, 6.07) is 0. The van der Waals surface area contributed by atoms with Gasteiger partial charge in [0.05, 0.1) is 18.7 Å². The molecule has 2 aromatic rings. The molecule has 0 aromatic carbocycles. The van der Waals surface area contributed by atoms with Crippen molar-refractivity contribution in [1.82, 2.24) is 9.97 Å². The molecule has 0 amide bonds. The number of H-pyrrole nitrogens is 1. The molecule has 1 fully saturated rings. The lowest BCUT2D eigenvalue weighted by Crippen LogP contribution is -2.38. The Morgan fingerprint density at radius 1 is 1.33 bits per heavy atom. The van der Waals surface area contributed by atoms with Crippen LogP contribution in [-0.2, 0) is 4.74 Å². The van der Waals surface area contributed by atoms with Crippen molar-refractivity contribution in [3.63, 3.8) is 0 Å². The van der Waals surface area contributed by atoms with Crippen LogP contribution in [0, 0.1) is 13.8 Å². The summed E-state index contributed by atoms with van der Waals surface area (Å²) in [5, 5.41) is 0. The lowest BCUT2D eigenvalue weighted by molar-refractivity contribution is 0.122. The fourth-order valence-electron chi connectivity index (χ4n) is 2.12. The number of aromatic nitrogens is 2. The monoisotopic (exact) mass is 265 g/mol. The molecule has 1 N–H and O–H groups in total. The van der Waals surface area contributed by atoms with E-state index < -0.39 is 0 Å². The normalized spacial score (nSPS) is 16.4. The van der Waals surface area contributed by atoms with Gasteiger partial charge in [0.15, 0.2) is 0 Å². The number of nitrogens with zero attached hydrogens (tertiary/aromatic N) is 2. The third-order valence-electron chi connectivity index (χ3n) is 3.31. The Morgan fingerprint density at radius 3 is 2.78 bits per heavy atom. The van der Waals surface area contributed by atoms with Crippen LogP contribution in [0.25, 0.3) is 10.2 Å². The Balaban J connectivity index is 2.13. The SMILES string of the molecule is Cc1sc2c(=O)[nH]c(N3CCOCC3)nc2c1C. The number of nitrogens with one attached hydrogen (secondary N) is 1. The van der Waals surface area contributed by atoms with Gasteiger partial charge in [0.25, 0.3) is 5.56 Å². The zero-order valence-electron chi connectivity index (χ0n) is 10.4. The van der Waals surface area contributed by atoms with Gasteiger partial charge in [0, 0.05) is 18.0 Å². The smallest absolute Gasteiger partial charge is 0.270 e. The maximum absolute atomic E-state index is 12.1. The number of aryl methyl sites for hydroxylation is 2. The minimum Gasteiger partial charge on any atom is -0.378 e. The summed E-state index contributed by atoms with van der Waals surface area (Å²) in [6.45, 7) is 6.96. The number of hydrogen-bond donors (Lipinski definition) is 1. The fraction of sp³-hybridized carbons (Fsp3) is 0.500. The Labute approximate surface area is 108 Å². The average Bonchev–Trinajstić information content (AvgIpc) is 2.68. The Bertz CT molecular complexity index is 641. The molecule has 0 aliphatic carbocycles. The molecule has 18 heavy (non-hydrogen) atoms. The largest absolute Gasteiger partial charge is 0.378 e. The zero-order valence-corrected chi connectivity index (χ0v) is 11.3. The van der Waals surface area contributed by atoms with E-state index >= 15 is 0 Å². The topological polar surface area (TPSA) is 58.2 Å². The molecule has 6 heteroatoms. The molecule has 0 spiro atoms. The first-order chi connectivity index (χ1) is 8.66. The number of aromatic amines is 1. The molecule has 1 aliphatic rings. The first-order valence-corrected chi connectivity index (χ1v) is 6.81. The van der Waals surface area contributed by atoms with Gasteiger partial charge in [-0.3, -0.25) is 9.78 Å². The second kappa shape index (κ2) is 4.37. The molecular weight excluding hydrogens is 250 g/mol. The van der Waals surface area contributed by atoms with Crippen LogP contribution in [0.5, 0.6) is 0 Å². The van der Waals surface area contributed by atoms with Gasteiger partial charge >= 0.3 is 0 Å². The van der Waals surface area contributed by atoms with Crippen molar-refractivity contribution in [2.45, 2.75) is 13.8 Å². The lowest BCUT2D eigenvalue weighted by Gasteiger charge is -2.27. The van der Waals surface area contributed by atoms with Crippen LogP contribution in [0.3, 0.4) is 0 Å². The summed E-state index contributed by atoms with van der Waals surface area (Å²) in [5.74, 6) is 0.664. The molecule has 2 aromatic heterocycles. The summed E-state index contributed by atoms with van der Waals surface area (Å²) in [5.41, 5.74) is 1.90. The first kappa shape index (κ1) is 11.7. The van der Waals surface area contributed by atoms with Gasteiger partial charge in [-0.15, -0.1) is 11.3 Å². The Kier molecular flexibility index (Phi) is 2.83. The predicted molar refractivity (Wildman–Crippen MR) is 72.7 cm³/mol. The summed E-state index contributed by atoms with van der Waals surface area (Å²) in [4.78, 5) is 22.8. The van der Waals surface area contributed by atoms with E-state index in [1.165, 1.54) is 11.3 Å². The fourth-order valence-corrected chi connectivity index (χ4v) is 3.12. The minimum atomic E-state index is -0.0392. The van der Waals surface area contributed by atoms with Gasteiger partial charge in [-0.05, 0) is 19.4 Å². The van der Waals surface area contributed by atoms with Gasteiger partial charge in [0.2, 0.25) is 5.95 Å². The van der Waals surface area contributed by atoms with E-state index in [4.69, 9.17) is 4.74 Å². The Hall–Kier alpha value is -1.40. The summed E-state index contributed by atoms with van der Waals surface area (Å²) >= 11 is 1.51. The molecule has 0 atom stereocenters. The highest BCUT2D eigenvalue weighted by atomic mass is 32.1. The second-order valence-corrected chi connectivity index (χ2v) is 5.67. The van der Waals surface area contributed by atoms with Gasteiger partial charge in [-0.2, -0.15) is 0 Å². The first-order valence-electron chi connectivity index (χ1n) is 5.99. The van der Waals surface area contributed by atoms with Gasteiger partial charge in [-0.25, -0.2) is 4.98 Å². The molecule has 3 heterocycles. The summed E-state index contributed by atoms with van der Waals surface area (Å²) in [7, 11) is 0. The Morgan fingerprint density at radius 2 is 2.06 bits per heavy atom. The van der Waals surface area contributed by atoms with Crippen LogP contribution in [0.15, 0.2) is 4.79 Å². The van der Waals surface area contributed by atoms with E-state index in [9.17, 15) is 4.79 Å². The van der Waals surface area contributed by atoms with Crippen LogP contribution in [-0.4, -0.2) is 36.3 Å². The maximum Gasteiger partial charge on any atom is 0.270 e. The van der Waals surface area contributed by atoms with Gasteiger partial charge < -0.3 is 9.64 Å². The number of fused-ring (bicyclic) bond motifs is 1. The van der Waals surface area contributed by atoms with Crippen LogP contribution in [0.4, 0.5) is 5.95 Å². The molecule has 1 saturated heterocycles. The van der Waals surface area contributed by atoms with E-state index in [1.807, 2.05) is 13.8 Å². The number of hydrogen-bond acceptors (Lipinski definition) is 5. The number of thiophene rings is 1. The molecule has 0 radical (unpaired) electrons. The summed E-state index contributed by atoms with van der Waals surface area (Å²) < 4.78 is 6.03. The molecule has 0 bridgehead atoms. The standard InChI is InChI=1S/C12H15N3O2S/c1-7-8(2)18-10-9(7)13-12(14-11(10)16)15-3-5-17-6-4-15/h3-6H2,1-2H3,(H,13,14,16). The van der Waals surface area contributed by atoms with Crippen molar-refractivity contribution < 1.29 is 4.74 Å². The van der Waals surface area contributed by atoms with Crippen molar-refractivity contribution in [2.24, 2.45) is 0 Å². The number of ether oxygens (including phenoxy) is 1. The third-order valence-corrected chi connectivity index (χ3v) is 4.51. The van der Waals surface area contributed by atoms with E-state index in [0.717, 1.165) is 33.7 Å². The van der Waals surface area contributed by atoms with E-state index in [1.54, 1.807) is 0 Å². The van der Waals surface area contributed by atoms with Gasteiger partial charge in [0.1, 0.15) is 4.70 Å². The van der Waals surface area contributed by atoms with E-state index in [0.29, 0.717) is 19.2 Å². The maximum atomic E-state index is 12.1. The minimum absolute atomic E-state index is 0.0392. The van der Waals surface area contributed by atoms with Crippen molar-refractivity contribution in [1.29, 1.82) is 0 Å². The zero-order chi connectivity index (χ0) is 12.7. The van der Waals surface area contributed by atoms with Crippen molar-refractivity contribution in [2.75, 3.05) is 31.2 Å². The average molecular weight is 265 g/mol. The third kappa shape index (κ3) is 1.81. The van der Waals surface area contributed by atoms with Crippen LogP contribution >= 0.6 is 11.3 Å². The predicted octanol–water partition coefficient (Wildman–Crippen LogP) is 1.44. The highest BCUT2D eigenvalue weighted by Crippen LogP contribution is 2.26. The second-order valence-electron chi connectivity index (χ2n) is 4.45. The number of rotatable bonds is 1. The molecule has 96 valence electrons. The molecule has 5 nitrogen and oxygen atoms in total. The van der Waals surface area contributed by atoms with Crippen molar-refractivity contribution in [3.8, 4) is 0 Å². The van der Waals surface area contributed by atoms with Crippen LogP contribution < -0.4 is 10.5 Å². The van der Waals surface area contributed by atoms with Crippen molar-refractivity contribution >= 4 is 27.5 Å². The molecule has 1 aliphatic heterocycles. The highest BCUT2D eigenvalue weighted by Gasteiger charge is 2.17. The quantitative estimate of drug-likeness (QED) is 0.847. The molecular formula is C12H15N3O2S.